The quantitative estimate of drug-likeness (QED) is 0.296. The largest absolute Gasteiger partial charge is 0.339 e. The maximum atomic E-state index is 14.6. The van der Waals surface area contributed by atoms with Crippen LogP contribution in [-0.4, -0.2) is 38.2 Å². The van der Waals surface area contributed by atoms with E-state index in [1.165, 1.54) is 12.8 Å². The monoisotopic (exact) mass is 555 g/mol. The van der Waals surface area contributed by atoms with E-state index in [-0.39, 0.29) is 22.7 Å². The third-order valence-electron chi connectivity index (χ3n) is 11.1. The fraction of sp³-hybridized carbons (Fsp3) is 0.606. The number of hydrogen-bond donors (Lipinski definition) is 0. The summed E-state index contributed by atoms with van der Waals surface area (Å²) in [5.74, 6) is 3.34. The highest BCUT2D eigenvalue weighted by Gasteiger charge is 2.73. The van der Waals surface area contributed by atoms with Gasteiger partial charge in [-0.25, -0.2) is 14.4 Å². The van der Waals surface area contributed by atoms with Crippen molar-refractivity contribution in [1.82, 2.24) is 20.1 Å². The number of anilines is 1. The van der Waals surface area contributed by atoms with Gasteiger partial charge in [-0.1, -0.05) is 31.1 Å². The Bertz CT molecular complexity index is 1470. The third kappa shape index (κ3) is 4.07. The molecule has 2 aromatic heterocycles. The standard InChI is InChI=1S/C33H38FN5O2/c1-21(2)27-37-28(38-41-27)31-11-8-30(9-12-31,10-13-31)20-39(29(40)32-17-33(34,18-32)19-32)25-5-3-4-23(14-25)24-15-35-26(36-16-24)22-6-7-22/h3-5,14-16,21-22H,6-13,17-20H2,1-2H3. The Hall–Kier alpha value is -3.16. The molecule has 7 nitrogen and oxygen atoms in total. The van der Waals surface area contributed by atoms with E-state index in [0.29, 0.717) is 37.6 Å². The number of alkyl halides is 1. The Morgan fingerprint density at radius 1 is 1.02 bits per heavy atom. The molecule has 1 aromatic carbocycles. The average Bonchev–Trinajstić information content (AvgIpc) is 3.69. The van der Waals surface area contributed by atoms with Crippen molar-refractivity contribution >= 4 is 11.6 Å². The molecule has 0 N–H and O–H groups in total. The smallest absolute Gasteiger partial charge is 0.233 e. The van der Waals surface area contributed by atoms with Crippen molar-refractivity contribution in [2.24, 2.45) is 10.8 Å². The first kappa shape index (κ1) is 25.5. The van der Waals surface area contributed by atoms with E-state index in [1.54, 1.807) is 0 Å². The van der Waals surface area contributed by atoms with Gasteiger partial charge in [0.15, 0.2) is 5.82 Å². The topological polar surface area (TPSA) is 85.0 Å². The summed E-state index contributed by atoms with van der Waals surface area (Å²) in [5, 5.41) is 4.41. The van der Waals surface area contributed by atoms with Crippen molar-refractivity contribution in [2.75, 3.05) is 11.4 Å². The molecule has 7 aliphatic carbocycles. The molecule has 0 unspecified atom stereocenters. The highest BCUT2D eigenvalue weighted by Crippen LogP contribution is 2.70. The highest BCUT2D eigenvalue weighted by molar-refractivity contribution is 6.00. The molecule has 8 heteroatoms. The molecule has 10 rings (SSSR count). The number of rotatable bonds is 8. The molecule has 0 spiro atoms. The molecule has 2 heterocycles. The Labute approximate surface area is 240 Å². The zero-order chi connectivity index (χ0) is 28.0. The summed E-state index contributed by atoms with van der Waals surface area (Å²) >= 11 is 0. The van der Waals surface area contributed by atoms with Gasteiger partial charge in [-0.15, -0.1) is 0 Å². The van der Waals surface area contributed by atoms with Gasteiger partial charge in [0.05, 0.1) is 5.41 Å². The average molecular weight is 556 g/mol. The number of carbonyl (C=O) groups is 1. The third-order valence-corrected chi connectivity index (χ3v) is 11.1. The van der Waals surface area contributed by atoms with Gasteiger partial charge < -0.3 is 9.42 Å². The van der Waals surface area contributed by atoms with Crippen LogP contribution >= 0.6 is 0 Å². The zero-order valence-corrected chi connectivity index (χ0v) is 24.0. The lowest BCUT2D eigenvalue weighted by Gasteiger charge is -2.65. The van der Waals surface area contributed by atoms with Crippen LogP contribution in [0.1, 0.15) is 114 Å². The number of halogens is 1. The zero-order valence-electron chi connectivity index (χ0n) is 24.0. The number of nitrogens with zero attached hydrogens (tertiary/aromatic N) is 5. The molecule has 7 aliphatic rings. The fourth-order valence-electron chi connectivity index (χ4n) is 8.21. The summed E-state index contributed by atoms with van der Waals surface area (Å²) in [4.78, 5) is 30.2. The van der Waals surface area contributed by atoms with Gasteiger partial charge in [0.1, 0.15) is 11.5 Å². The number of hydrogen-bond acceptors (Lipinski definition) is 6. The molecular formula is C33H38FN5O2. The van der Waals surface area contributed by atoms with Gasteiger partial charge in [0, 0.05) is 47.4 Å². The summed E-state index contributed by atoms with van der Waals surface area (Å²) in [6, 6.07) is 8.22. The van der Waals surface area contributed by atoms with E-state index in [9.17, 15) is 9.18 Å². The number of amides is 1. The van der Waals surface area contributed by atoms with E-state index >= 15 is 0 Å². The molecule has 0 radical (unpaired) electrons. The van der Waals surface area contributed by atoms with E-state index < -0.39 is 11.1 Å². The molecular weight excluding hydrogens is 517 g/mol. The van der Waals surface area contributed by atoms with Crippen molar-refractivity contribution in [3.63, 3.8) is 0 Å². The Morgan fingerprint density at radius 3 is 2.29 bits per heavy atom. The van der Waals surface area contributed by atoms with Gasteiger partial charge >= 0.3 is 0 Å². The van der Waals surface area contributed by atoms with Crippen LogP contribution in [0.25, 0.3) is 11.1 Å². The fourth-order valence-corrected chi connectivity index (χ4v) is 8.21. The maximum absolute atomic E-state index is 14.6. The molecule has 3 aromatic rings. The van der Waals surface area contributed by atoms with Gasteiger partial charge in [0.2, 0.25) is 11.8 Å². The minimum Gasteiger partial charge on any atom is -0.339 e. The predicted molar refractivity (Wildman–Crippen MR) is 152 cm³/mol. The molecule has 0 saturated heterocycles. The van der Waals surface area contributed by atoms with Crippen LogP contribution in [0.3, 0.4) is 0 Å². The number of aromatic nitrogens is 4. The molecule has 4 bridgehead atoms. The first-order chi connectivity index (χ1) is 19.7. The summed E-state index contributed by atoms with van der Waals surface area (Å²) in [6.07, 6.45) is 13.4. The Kier molecular flexibility index (Phi) is 5.41. The Morgan fingerprint density at radius 2 is 1.71 bits per heavy atom. The lowest BCUT2D eigenvalue weighted by atomic mass is 9.41. The summed E-state index contributed by atoms with van der Waals surface area (Å²) in [6.45, 7) is 4.83. The summed E-state index contributed by atoms with van der Waals surface area (Å²) < 4.78 is 20.2. The molecule has 7 fully saturated rings. The van der Waals surface area contributed by atoms with Gasteiger partial charge in [-0.05, 0) is 93.7 Å². The predicted octanol–water partition coefficient (Wildman–Crippen LogP) is 7.04. The summed E-state index contributed by atoms with van der Waals surface area (Å²) in [5.41, 5.74) is 1.24. The van der Waals surface area contributed by atoms with Crippen LogP contribution in [0.15, 0.2) is 41.2 Å². The van der Waals surface area contributed by atoms with E-state index in [2.05, 4.69) is 41.1 Å². The lowest BCUT2D eigenvalue weighted by molar-refractivity contribution is -0.211. The van der Waals surface area contributed by atoms with Crippen LogP contribution in [0, 0.1) is 10.8 Å². The van der Waals surface area contributed by atoms with Crippen LogP contribution in [-0.2, 0) is 10.2 Å². The van der Waals surface area contributed by atoms with Crippen molar-refractivity contribution in [3.8, 4) is 11.1 Å². The molecule has 0 atom stereocenters. The van der Waals surface area contributed by atoms with E-state index in [4.69, 9.17) is 9.51 Å². The maximum Gasteiger partial charge on any atom is 0.233 e. The normalized spacial score (nSPS) is 33.4. The minimum atomic E-state index is -1.11. The second kappa shape index (κ2) is 8.68. The van der Waals surface area contributed by atoms with Crippen LogP contribution in [0.5, 0.6) is 0 Å². The lowest BCUT2D eigenvalue weighted by Crippen LogP contribution is -2.71. The van der Waals surface area contributed by atoms with Gasteiger partial charge in [-0.2, -0.15) is 4.98 Å². The van der Waals surface area contributed by atoms with Crippen molar-refractivity contribution in [2.45, 2.75) is 107 Å². The number of fused-ring (bicyclic) bond motifs is 3. The molecule has 0 aliphatic heterocycles. The second-order valence-electron chi connectivity index (χ2n) is 14.4. The molecule has 41 heavy (non-hydrogen) atoms. The van der Waals surface area contributed by atoms with Crippen molar-refractivity contribution in [3.05, 3.63) is 54.2 Å². The SMILES string of the molecule is CC(C)c1nc(C23CCC(CN(C(=O)C45CC(F)(C4)C5)c4cccc(-c5cnc(C6CC6)nc5)c4)(CC2)CC3)no1. The minimum absolute atomic E-state index is 0.0196. The molecule has 7 saturated carbocycles. The molecule has 1 amide bonds. The van der Waals surface area contributed by atoms with Crippen molar-refractivity contribution in [1.29, 1.82) is 0 Å². The number of benzene rings is 1. The Balaban J connectivity index is 1.07. The first-order valence-electron chi connectivity index (χ1n) is 15.5. The van der Waals surface area contributed by atoms with Gasteiger partial charge in [0.25, 0.3) is 0 Å². The van der Waals surface area contributed by atoms with Crippen LogP contribution < -0.4 is 4.90 Å². The highest BCUT2D eigenvalue weighted by atomic mass is 19.1. The van der Waals surface area contributed by atoms with E-state index in [0.717, 1.165) is 67.0 Å². The first-order valence-corrected chi connectivity index (χ1v) is 15.5. The van der Waals surface area contributed by atoms with Gasteiger partial charge in [-0.3, -0.25) is 4.79 Å². The second-order valence-corrected chi connectivity index (χ2v) is 14.4. The molecule has 214 valence electrons. The summed E-state index contributed by atoms with van der Waals surface area (Å²) in [7, 11) is 0. The van der Waals surface area contributed by atoms with Crippen LogP contribution in [0.4, 0.5) is 10.1 Å². The number of carbonyl (C=O) groups excluding carboxylic acids is 1. The van der Waals surface area contributed by atoms with Crippen LogP contribution in [0.2, 0.25) is 0 Å². The van der Waals surface area contributed by atoms with Crippen molar-refractivity contribution < 1.29 is 13.7 Å². The van der Waals surface area contributed by atoms with E-state index in [1.807, 2.05) is 29.4 Å².